The van der Waals surface area contributed by atoms with Crippen molar-refractivity contribution in [2.45, 2.75) is 40.5 Å². The molecule has 0 amide bonds. The molecule has 0 aliphatic carbocycles. The van der Waals surface area contributed by atoms with Crippen molar-refractivity contribution in [3.8, 4) is 0 Å². The van der Waals surface area contributed by atoms with Gasteiger partial charge in [-0.3, -0.25) is 9.78 Å². The molecule has 0 spiro atoms. The van der Waals surface area contributed by atoms with Gasteiger partial charge in [-0.05, 0) is 72.4 Å². The highest BCUT2D eigenvalue weighted by Gasteiger charge is 2.20. The summed E-state index contributed by atoms with van der Waals surface area (Å²) in [6, 6.07) is 7.55. The van der Waals surface area contributed by atoms with Crippen molar-refractivity contribution in [2.75, 3.05) is 37.6 Å². The summed E-state index contributed by atoms with van der Waals surface area (Å²) < 4.78 is 0.797. The summed E-state index contributed by atoms with van der Waals surface area (Å²) in [6.45, 7) is 13.9. The molecule has 29 heavy (non-hydrogen) atoms. The van der Waals surface area contributed by atoms with Crippen LogP contribution in [0.2, 0.25) is 0 Å². The van der Waals surface area contributed by atoms with Crippen molar-refractivity contribution in [1.29, 1.82) is 0 Å². The Morgan fingerprint density at radius 2 is 2.00 bits per heavy atom. The van der Waals surface area contributed by atoms with Crippen LogP contribution in [0.1, 0.15) is 56.8 Å². The van der Waals surface area contributed by atoms with Gasteiger partial charge in [0.05, 0.1) is 0 Å². The summed E-state index contributed by atoms with van der Waals surface area (Å²) >= 11 is 3.41. The Morgan fingerprint density at radius 3 is 2.76 bits per heavy atom. The van der Waals surface area contributed by atoms with E-state index in [-0.39, 0.29) is 7.21 Å². The van der Waals surface area contributed by atoms with Crippen molar-refractivity contribution >= 4 is 27.5 Å². The summed E-state index contributed by atoms with van der Waals surface area (Å²) in [5.41, 5.74) is 2.14. The van der Waals surface area contributed by atoms with Crippen LogP contribution in [-0.2, 0) is 0 Å². The molecule has 0 aromatic carbocycles. The smallest absolute Gasteiger partial charge is 0.213 e. The molecule has 158 valence electrons. The maximum Gasteiger partial charge on any atom is 0.213 e. The summed E-state index contributed by atoms with van der Waals surface area (Å²) in [6.07, 6.45) is 4.02. The molecule has 1 aliphatic rings. The van der Waals surface area contributed by atoms with E-state index in [1.165, 1.54) is 6.42 Å². The third-order valence-corrected chi connectivity index (χ3v) is 5.79. The van der Waals surface area contributed by atoms with Crippen LogP contribution in [0.4, 0.5) is 5.82 Å². The normalized spacial score (nSPS) is 16.0. The monoisotopic (exact) mass is 460 g/mol. The average molecular weight is 461 g/mol. The molecule has 0 unspecified atom stereocenters. The van der Waals surface area contributed by atoms with E-state index in [9.17, 15) is 4.79 Å². The summed E-state index contributed by atoms with van der Waals surface area (Å²) in [5.74, 6) is 0.800. The number of carbonyl (C=O) groups is 1. The van der Waals surface area contributed by atoms with Gasteiger partial charge in [0.25, 0.3) is 0 Å². The number of hydrogen-bond donors (Lipinski definition) is 0. The van der Waals surface area contributed by atoms with Crippen LogP contribution in [-0.4, -0.2) is 53.4 Å². The van der Waals surface area contributed by atoms with E-state index in [4.69, 9.17) is 4.98 Å². The van der Waals surface area contributed by atoms with Gasteiger partial charge < -0.3 is 9.80 Å². The zero-order chi connectivity index (χ0) is 21.0. The minimum atomic E-state index is -0.0835. The number of hydrogen-bond acceptors (Lipinski definition) is 5. The SMILES string of the molecule is Cc1ncc(Br)cc1C(=O)c1cccc(N2CCCN(CCC(C)(C)C)CC2)n1.[HH]. The van der Waals surface area contributed by atoms with Crippen LogP contribution < -0.4 is 4.90 Å². The molecular formula is C23H33BrN4O. The van der Waals surface area contributed by atoms with E-state index >= 15 is 0 Å². The van der Waals surface area contributed by atoms with Crippen LogP contribution in [0, 0.1) is 12.3 Å². The number of pyridine rings is 2. The Morgan fingerprint density at radius 1 is 1.21 bits per heavy atom. The standard InChI is InChI=1S/C23H31BrN4O.H2/c1-17-19(15-18(24)16-25-17)22(29)20-7-5-8-21(26-20)28-11-6-10-27(13-14-28)12-9-23(2,3)4;/h5,7-8,15-16H,6,9-14H2,1-4H3;1H. The van der Waals surface area contributed by atoms with Gasteiger partial charge in [-0.25, -0.2) is 4.98 Å². The molecule has 0 saturated carbocycles. The first kappa shape index (κ1) is 21.9. The van der Waals surface area contributed by atoms with E-state index in [2.05, 4.69) is 51.5 Å². The molecule has 1 aliphatic heterocycles. The molecule has 5 nitrogen and oxygen atoms in total. The fourth-order valence-corrected chi connectivity index (χ4v) is 3.85. The Labute approximate surface area is 184 Å². The predicted octanol–water partition coefficient (Wildman–Crippen LogP) is 4.97. The van der Waals surface area contributed by atoms with Gasteiger partial charge in [0.1, 0.15) is 11.5 Å². The molecule has 0 atom stereocenters. The minimum Gasteiger partial charge on any atom is -0.355 e. The van der Waals surface area contributed by atoms with Crippen LogP contribution >= 0.6 is 15.9 Å². The molecule has 0 N–H and O–H groups in total. The summed E-state index contributed by atoms with van der Waals surface area (Å²) in [7, 11) is 0. The Kier molecular flexibility index (Phi) is 7.06. The largest absolute Gasteiger partial charge is 0.355 e. The molecule has 2 aromatic heterocycles. The van der Waals surface area contributed by atoms with Crippen LogP contribution in [0.5, 0.6) is 0 Å². The zero-order valence-electron chi connectivity index (χ0n) is 17.9. The number of anilines is 1. The number of rotatable bonds is 5. The Balaban J connectivity index is 0.00000320. The fourth-order valence-electron chi connectivity index (χ4n) is 3.52. The van der Waals surface area contributed by atoms with Gasteiger partial charge in [0.2, 0.25) is 5.78 Å². The first-order chi connectivity index (χ1) is 13.7. The fraction of sp³-hybridized carbons (Fsp3) is 0.522. The highest BCUT2D eigenvalue weighted by atomic mass is 79.9. The quantitative estimate of drug-likeness (QED) is 0.589. The van der Waals surface area contributed by atoms with Gasteiger partial charge in [0, 0.05) is 43.0 Å². The van der Waals surface area contributed by atoms with E-state index in [0.29, 0.717) is 16.7 Å². The zero-order valence-corrected chi connectivity index (χ0v) is 19.5. The molecule has 0 radical (unpaired) electrons. The van der Waals surface area contributed by atoms with Crippen molar-refractivity contribution in [1.82, 2.24) is 14.9 Å². The number of halogens is 1. The Hall–Kier alpha value is -1.79. The molecule has 3 rings (SSSR count). The van der Waals surface area contributed by atoms with E-state index < -0.39 is 0 Å². The maximum atomic E-state index is 13.0. The third kappa shape index (κ3) is 6.09. The van der Waals surface area contributed by atoms with Crippen LogP contribution in [0.25, 0.3) is 0 Å². The van der Waals surface area contributed by atoms with Gasteiger partial charge in [-0.15, -0.1) is 0 Å². The van der Waals surface area contributed by atoms with E-state index in [0.717, 1.165) is 55.1 Å². The third-order valence-electron chi connectivity index (χ3n) is 5.36. The van der Waals surface area contributed by atoms with Crippen molar-refractivity contribution in [3.63, 3.8) is 0 Å². The van der Waals surface area contributed by atoms with Gasteiger partial charge >= 0.3 is 0 Å². The van der Waals surface area contributed by atoms with Crippen molar-refractivity contribution in [3.05, 3.63) is 51.9 Å². The first-order valence-electron chi connectivity index (χ1n) is 10.3. The van der Waals surface area contributed by atoms with Gasteiger partial charge in [-0.1, -0.05) is 26.8 Å². The number of ketones is 1. The van der Waals surface area contributed by atoms with E-state index in [1.54, 1.807) is 12.3 Å². The summed E-state index contributed by atoms with van der Waals surface area (Å²) in [5, 5.41) is 0. The second kappa shape index (κ2) is 9.35. The molecule has 6 heteroatoms. The second-order valence-corrected chi connectivity index (χ2v) is 9.91. The molecule has 1 fully saturated rings. The maximum absolute atomic E-state index is 13.0. The van der Waals surface area contributed by atoms with Crippen molar-refractivity contribution < 1.29 is 6.22 Å². The first-order valence-corrected chi connectivity index (χ1v) is 11.1. The number of carbonyl (C=O) groups excluding carboxylic acids is 1. The van der Waals surface area contributed by atoms with Gasteiger partial charge in [0.15, 0.2) is 0 Å². The molecule has 3 heterocycles. The lowest BCUT2D eigenvalue weighted by molar-refractivity contribution is 0.103. The highest BCUT2D eigenvalue weighted by Crippen LogP contribution is 2.21. The number of aromatic nitrogens is 2. The minimum absolute atomic E-state index is 0. The van der Waals surface area contributed by atoms with E-state index in [1.807, 2.05) is 25.1 Å². The summed E-state index contributed by atoms with van der Waals surface area (Å²) in [4.78, 5) is 26.9. The van der Waals surface area contributed by atoms with Crippen molar-refractivity contribution in [2.24, 2.45) is 5.41 Å². The average Bonchev–Trinajstić information content (AvgIpc) is 2.93. The number of aryl methyl sites for hydroxylation is 1. The van der Waals surface area contributed by atoms with Crippen LogP contribution in [0.15, 0.2) is 34.9 Å². The second-order valence-electron chi connectivity index (χ2n) is 8.99. The lowest BCUT2D eigenvalue weighted by Crippen LogP contribution is -2.33. The Bertz CT molecular complexity index is 869. The molecule has 0 bridgehead atoms. The molecule has 2 aromatic rings. The lowest BCUT2D eigenvalue weighted by Gasteiger charge is -2.26. The molecule has 1 saturated heterocycles. The lowest BCUT2D eigenvalue weighted by atomic mass is 9.92. The number of nitrogens with zero attached hydrogens (tertiary/aromatic N) is 4. The van der Waals surface area contributed by atoms with Crippen LogP contribution in [0.3, 0.4) is 0 Å². The molecular weight excluding hydrogens is 428 g/mol. The topological polar surface area (TPSA) is 49.3 Å². The van der Waals surface area contributed by atoms with Gasteiger partial charge in [-0.2, -0.15) is 0 Å². The highest BCUT2D eigenvalue weighted by molar-refractivity contribution is 9.10. The predicted molar refractivity (Wildman–Crippen MR) is 124 cm³/mol.